The number of halogens is 5. The Morgan fingerprint density at radius 3 is 2.00 bits per heavy atom. The Bertz CT molecular complexity index is 1650. The lowest BCUT2D eigenvalue weighted by Gasteiger charge is -2.26. The zero-order valence-electron chi connectivity index (χ0n) is 34.7. The molecule has 25 heteroatoms. The third-order valence-corrected chi connectivity index (χ3v) is 8.09. The molecule has 10 N–H and O–H groups in total. The van der Waals surface area contributed by atoms with Gasteiger partial charge in [0.1, 0.15) is 11.5 Å². The summed E-state index contributed by atoms with van der Waals surface area (Å²) in [4.78, 5) is 27.8. The molecule has 2 amide bonds. The summed E-state index contributed by atoms with van der Waals surface area (Å²) in [5, 5.41) is 60.9. The number of ether oxygens (including phenoxy) is 6. The summed E-state index contributed by atoms with van der Waals surface area (Å²) in [6, 6.07) is 3.34. The molecule has 2 atom stereocenters. The molecule has 2 unspecified atom stereocenters. The van der Waals surface area contributed by atoms with E-state index in [9.17, 15) is 41.8 Å². The number of hydrogen-bond acceptors (Lipinski definition) is 18. The molecule has 63 heavy (non-hydrogen) atoms. The van der Waals surface area contributed by atoms with Crippen LogP contribution in [0, 0.1) is 29.1 Å². The van der Waals surface area contributed by atoms with E-state index in [1.54, 1.807) is 6.21 Å². The number of hydroxylamine groups is 2. The first-order chi connectivity index (χ1) is 30.2. The highest BCUT2D eigenvalue weighted by molar-refractivity contribution is 6.30. The normalized spacial score (nSPS) is 15.1. The van der Waals surface area contributed by atoms with Crippen LogP contribution in [0.3, 0.4) is 0 Å². The van der Waals surface area contributed by atoms with Crippen LogP contribution in [0.1, 0.15) is 44.9 Å². The van der Waals surface area contributed by atoms with Crippen molar-refractivity contribution in [1.82, 2.24) is 10.5 Å². The Kier molecular flexibility index (Phi) is 30.0. The van der Waals surface area contributed by atoms with E-state index in [1.165, 1.54) is 12.1 Å². The third kappa shape index (κ3) is 24.6. The van der Waals surface area contributed by atoms with Gasteiger partial charge in [0, 0.05) is 25.9 Å². The summed E-state index contributed by atoms with van der Waals surface area (Å²) in [6.45, 7) is 2.75. The molecule has 0 spiro atoms. The number of aromatic hydroxyl groups is 2. The number of nitrogens with zero attached hydrogens (tertiary/aromatic N) is 3. The van der Waals surface area contributed by atoms with Gasteiger partial charge in [0.15, 0.2) is 0 Å². The maximum atomic E-state index is 13.5. The van der Waals surface area contributed by atoms with Gasteiger partial charge in [-0.2, -0.15) is 13.9 Å². The lowest BCUT2D eigenvalue weighted by atomic mass is 10.0. The molecule has 358 valence electrons. The van der Waals surface area contributed by atoms with Gasteiger partial charge < -0.3 is 65.3 Å². The number of amides is 2. The maximum absolute atomic E-state index is 13.5. The standard InChI is InChI=1S/C30H38F5N5O9.C7H15NO4.CH4O/c31-24-25(32)27(34)29(28(35)26(24)33)49-23(43)6-9-45-11-13-47-15-16-48-14-12-46-10-8-37-18-19(40-36)3-1-2-7-38-30(44)39-21-5-4-20(41)17-22(21)42;9-6-1-2-7(12-5-6)3-4-8(10)11;1-2/h4-5,17-18,41-42H,1-3,6-16,36H2,(H2,38,39,44);6-7,9-11H,1-5H2;2H,1H3/b37-18?,40-19-;;. The molecule has 1 aliphatic rings. The van der Waals surface area contributed by atoms with Crippen LogP contribution in [0.4, 0.5) is 32.4 Å². The second-order valence-electron chi connectivity index (χ2n) is 12.8. The number of aliphatic hydroxyl groups is 2. The predicted octanol–water partition coefficient (Wildman–Crippen LogP) is 3.14. The molecular weight excluding hydrogens is 859 g/mol. The number of esters is 1. The number of aliphatic hydroxyl groups excluding tert-OH is 2. The van der Waals surface area contributed by atoms with Gasteiger partial charge in [-0.15, -0.1) is 0 Å². The van der Waals surface area contributed by atoms with Gasteiger partial charge in [0.25, 0.3) is 0 Å². The van der Waals surface area contributed by atoms with Crippen molar-refractivity contribution < 1.29 is 90.8 Å². The fraction of sp³-hybridized carbons (Fsp3) is 0.579. The van der Waals surface area contributed by atoms with E-state index in [2.05, 4.69) is 25.5 Å². The van der Waals surface area contributed by atoms with E-state index < -0.39 is 53.3 Å². The minimum atomic E-state index is -2.36. The number of anilines is 1. The van der Waals surface area contributed by atoms with Crippen molar-refractivity contribution in [2.75, 3.05) is 91.5 Å². The quantitative estimate of drug-likeness (QED) is 0.00560. The second kappa shape index (κ2) is 33.7. The zero-order chi connectivity index (χ0) is 47.0. The van der Waals surface area contributed by atoms with Crippen LogP contribution in [0.2, 0.25) is 0 Å². The van der Waals surface area contributed by atoms with E-state index in [0.29, 0.717) is 70.9 Å². The molecule has 3 rings (SSSR count). The lowest BCUT2D eigenvalue weighted by molar-refractivity contribution is -0.309. The fourth-order valence-electron chi connectivity index (χ4n) is 4.91. The number of rotatable bonds is 26. The van der Waals surface area contributed by atoms with Gasteiger partial charge >= 0.3 is 12.0 Å². The van der Waals surface area contributed by atoms with Gasteiger partial charge in [-0.1, -0.05) is 5.23 Å². The Hall–Kier alpha value is -4.83. The number of carbonyl (C=O) groups excluding carboxylic acids is 2. The third-order valence-electron chi connectivity index (χ3n) is 8.09. The van der Waals surface area contributed by atoms with Crippen LogP contribution < -0.4 is 21.2 Å². The van der Waals surface area contributed by atoms with Crippen LogP contribution >= 0.6 is 0 Å². The number of phenolic OH excluding ortho intramolecular Hbond substituents is 2. The SMILES string of the molecule is CO.N/N=C(\C=NCCOCCOCCOCCOCCC(=O)Oc1c(F)c(F)c(F)c(F)c1F)CCCCNC(=O)Nc1ccc(O)cc1O.OC1CCC(CCN(O)O)OC1. The van der Waals surface area contributed by atoms with Gasteiger partial charge in [-0.05, 0) is 50.7 Å². The van der Waals surface area contributed by atoms with E-state index >= 15 is 0 Å². The number of phenols is 2. The summed E-state index contributed by atoms with van der Waals surface area (Å²) in [5.41, 5.74) is 0.754. The largest absolute Gasteiger partial charge is 0.508 e. The monoisotopic (exact) mass is 916 g/mol. The minimum absolute atomic E-state index is 0.0511. The number of benzene rings is 2. The molecule has 1 saturated heterocycles. The smallest absolute Gasteiger partial charge is 0.319 e. The minimum Gasteiger partial charge on any atom is -0.508 e. The average molecular weight is 917 g/mol. The fourth-order valence-corrected chi connectivity index (χ4v) is 4.91. The Morgan fingerprint density at radius 2 is 1.44 bits per heavy atom. The number of urea groups is 1. The summed E-state index contributed by atoms with van der Waals surface area (Å²) < 4.78 is 97.1. The number of aliphatic imine (C=N–C) groups is 1. The second-order valence-corrected chi connectivity index (χ2v) is 12.8. The molecular formula is C38H57F5N6O14. The Labute approximate surface area is 359 Å². The number of nitrogens with two attached hydrogens (primary N) is 1. The molecule has 0 bridgehead atoms. The van der Waals surface area contributed by atoms with Crippen molar-refractivity contribution in [2.24, 2.45) is 15.9 Å². The number of carbonyl (C=O) groups is 2. The van der Waals surface area contributed by atoms with Crippen molar-refractivity contribution >= 4 is 29.6 Å². The molecule has 0 saturated carbocycles. The number of hydrogen-bond donors (Lipinski definition) is 9. The first kappa shape index (κ1) is 56.2. The maximum Gasteiger partial charge on any atom is 0.319 e. The molecule has 2 aromatic carbocycles. The van der Waals surface area contributed by atoms with E-state index in [-0.39, 0.29) is 74.2 Å². The molecule has 20 nitrogen and oxygen atoms in total. The van der Waals surface area contributed by atoms with Crippen molar-refractivity contribution in [1.29, 1.82) is 0 Å². The average Bonchev–Trinajstić information content (AvgIpc) is 3.27. The highest BCUT2D eigenvalue weighted by Gasteiger charge is 2.28. The molecule has 0 radical (unpaired) electrons. The molecule has 0 aliphatic carbocycles. The summed E-state index contributed by atoms with van der Waals surface area (Å²) >= 11 is 0. The highest BCUT2D eigenvalue weighted by atomic mass is 19.2. The van der Waals surface area contributed by atoms with Gasteiger partial charge in [0.05, 0.1) is 103 Å². The first-order valence-corrected chi connectivity index (χ1v) is 19.5. The molecule has 1 heterocycles. The summed E-state index contributed by atoms with van der Waals surface area (Å²) in [5.74, 6) is -9.19. The van der Waals surface area contributed by atoms with Gasteiger partial charge in [-0.25, -0.2) is 18.0 Å². The van der Waals surface area contributed by atoms with Gasteiger partial charge in [0.2, 0.25) is 34.8 Å². The number of nitrogens with one attached hydrogen (secondary N) is 2. The van der Waals surface area contributed by atoms with Crippen LogP contribution in [-0.4, -0.2) is 158 Å². The molecule has 2 aromatic rings. The number of unbranched alkanes of at least 4 members (excludes halogenated alkanes) is 1. The summed E-state index contributed by atoms with van der Waals surface area (Å²) in [6.07, 6.45) is 4.75. The Balaban J connectivity index is 0.00000120. The Morgan fingerprint density at radius 1 is 0.857 bits per heavy atom. The van der Waals surface area contributed by atoms with Crippen molar-refractivity contribution in [3.63, 3.8) is 0 Å². The lowest BCUT2D eigenvalue weighted by Crippen LogP contribution is -2.31. The molecule has 0 aromatic heterocycles. The van der Waals surface area contributed by atoms with Crippen molar-refractivity contribution in [2.45, 2.75) is 57.2 Å². The molecule has 1 fully saturated rings. The first-order valence-electron chi connectivity index (χ1n) is 19.5. The zero-order valence-corrected chi connectivity index (χ0v) is 34.7. The van der Waals surface area contributed by atoms with Crippen LogP contribution in [0.5, 0.6) is 17.2 Å². The van der Waals surface area contributed by atoms with Crippen molar-refractivity contribution in [3.8, 4) is 17.2 Å². The van der Waals surface area contributed by atoms with Crippen LogP contribution in [0.15, 0.2) is 28.3 Å². The van der Waals surface area contributed by atoms with Crippen LogP contribution in [0.25, 0.3) is 0 Å². The highest BCUT2D eigenvalue weighted by Crippen LogP contribution is 2.29. The van der Waals surface area contributed by atoms with Gasteiger partial charge in [-0.3, -0.25) is 20.2 Å². The van der Waals surface area contributed by atoms with E-state index in [4.69, 9.17) is 50.2 Å². The van der Waals surface area contributed by atoms with Crippen molar-refractivity contribution in [3.05, 3.63) is 47.3 Å². The van der Waals surface area contributed by atoms with E-state index in [0.717, 1.165) is 26.0 Å². The number of hydrazone groups is 1. The van der Waals surface area contributed by atoms with E-state index in [1.807, 2.05) is 0 Å². The predicted molar refractivity (Wildman–Crippen MR) is 213 cm³/mol. The summed E-state index contributed by atoms with van der Waals surface area (Å²) in [7, 11) is 1.00. The van der Waals surface area contributed by atoms with Crippen LogP contribution in [-0.2, 0) is 28.5 Å². The topological polar surface area (TPSA) is 289 Å². The molecule has 1 aliphatic heterocycles.